The third-order valence-corrected chi connectivity index (χ3v) is 6.58. The Morgan fingerprint density at radius 1 is 0.923 bits per heavy atom. The molecule has 148 valence electrons. The lowest BCUT2D eigenvalue weighted by Gasteiger charge is -2.36. The molecule has 4 rings (SSSR count). The molecule has 4 nitrogen and oxygen atoms in total. The van der Waals surface area contributed by atoms with Gasteiger partial charge in [-0.05, 0) is 69.6 Å². The number of hydrogen-bond acceptors (Lipinski definition) is 4. The Morgan fingerprint density at radius 3 is 2.19 bits per heavy atom. The molecule has 3 aliphatic rings. The molecule has 0 aliphatic carbocycles. The molecule has 1 aromatic carbocycles. The summed E-state index contributed by atoms with van der Waals surface area (Å²) in [5.74, 6) is 2.57. The average molecular weight is 402 g/mol. The highest BCUT2D eigenvalue weighted by molar-refractivity contribution is 5.85. The van der Waals surface area contributed by atoms with Crippen molar-refractivity contribution in [3.05, 3.63) is 29.8 Å². The number of fused-ring (bicyclic) bond motifs is 1. The number of benzene rings is 1. The molecular formula is C20H33Cl2N3O. The van der Waals surface area contributed by atoms with E-state index in [0.717, 1.165) is 23.6 Å². The van der Waals surface area contributed by atoms with E-state index in [9.17, 15) is 0 Å². The van der Waals surface area contributed by atoms with E-state index in [2.05, 4.69) is 53.1 Å². The Morgan fingerprint density at radius 2 is 1.58 bits per heavy atom. The van der Waals surface area contributed by atoms with Gasteiger partial charge in [0, 0.05) is 31.7 Å². The number of ether oxygens (including phenoxy) is 1. The van der Waals surface area contributed by atoms with Crippen molar-refractivity contribution in [3.63, 3.8) is 0 Å². The van der Waals surface area contributed by atoms with Gasteiger partial charge in [0.15, 0.2) is 0 Å². The molecule has 26 heavy (non-hydrogen) atoms. The molecule has 0 N–H and O–H groups in total. The summed E-state index contributed by atoms with van der Waals surface area (Å²) >= 11 is 0. The molecule has 0 aromatic heterocycles. The van der Waals surface area contributed by atoms with E-state index in [1.165, 1.54) is 51.1 Å². The topological polar surface area (TPSA) is 19.0 Å². The number of halogens is 2. The number of methoxy groups -OCH3 is 1. The third kappa shape index (κ3) is 4.15. The molecule has 3 saturated heterocycles. The van der Waals surface area contributed by atoms with Crippen molar-refractivity contribution in [2.45, 2.75) is 24.9 Å². The maximum atomic E-state index is 5.32. The minimum atomic E-state index is 0. The summed E-state index contributed by atoms with van der Waals surface area (Å²) in [5, 5.41) is 0. The summed E-state index contributed by atoms with van der Waals surface area (Å²) < 4.78 is 5.32. The van der Waals surface area contributed by atoms with Crippen LogP contribution in [0.5, 0.6) is 5.75 Å². The van der Waals surface area contributed by atoms with Crippen LogP contribution in [0.1, 0.15) is 24.4 Å². The van der Waals surface area contributed by atoms with Gasteiger partial charge in [-0.25, -0.2) is 0 Å². The van der Waals surface area contributed by atoms with E-state index in [-0.39, 0.29) is 24.8 Å². The van der Waals surface area contributed by atoms with Crippen molar-refractivity contribution in [3.8, 4) is 5.75 Å². The summed E-state index contributed by atoms with van der Waals surface area (Å²) in [6.07, 6.45) is 2.69. The molecule has 3 aliphatic heterocycles. The van der Waals surface area contributed by atoms with Crippen LogP contribution in [-0.4, -0.2) is 74.7 Å². The zero-order valence-corrected chi connectivity index (χ0v) is 17.8. The summed E-state index contributed by atoms with van der Waals surface area (Å²) in [6.45, 7) is 6.34. The first-order valence-electron chi connectivity index (χ1n) is 9.42. The van der Waals surface area contributed by atoms with Crippen LogP contribution in [0.25, 0.3) is 0 Å². The van der Waals surface area contributed by atoms with Crippen LogP contribution in [-0.2, 0) is 0 Å². The second kappa shape index (κ2) is 9.11. The predicted octanol–water partition coefficient (Wildman–Crippen LogP) is 3.17. The zero-order valence-electron chi connectivity index (χ0n) is 16.1. The molecule has 0 amide bonds. The molecule has 6 heteroatoms. The minimum absolute atomic E-state index is 0. The number of likely N-dealkylation sites (tertiary alicyclic amines) is 3. The number of hydrogen-bond donors (Lipinski definition) is 0. The van der Waals surface area contributed by atoms with Gasteiger partial charge in [0.05, 0.1) is 7.11 Å². The van der Waals surface area contributed by atoms with E-state index in [1.807, 2.05) is 0 Å². The van der Waals surface area contributed by atoms with Gasteiger partial charge >= 0.3 is 0 Å². The van der Waals surface area contributed by atoms with Gasteiger partial charge in [-0.15, -0.1) is 24.8 Å². The van der Waals surface area contributed by atoms with Gasteiger partial charge in [-0.3, -0.25) is 9.80 Å². The van der Waals surface area contributed by atoms with Gasteiger partial charge in [-0.2, -0.15) is 0 Å². The summed E-state index contributed by atoms with van der Waals surface area (Å²) in [4.78, 5) is 7.86. The van der Waals surface area contributed by atoms with Crippen LogP contribution in [0, 0.1) is 11.8 Å². The summed E-state index contributed by atoms with van der Waals surface area (Å²) in [7, 11) is 6.29. The molecular weight excluding hydrogens is 369 g/mol. The Labute approximate surface area is 170 Å². The van der Waals surface area contributed by atoms with Gasteiger partial charge in [-0.1, -0.05) is 12.1 Å². The molecule has 0 saturated carbocycles. The maximum Gasteiger partial charge on any atom is 0.118 e. The molecule has 0 radical (unpaired) electrons. The smallest absolute Gasteiger partial charge is 0.118 e. The standard InChI is InChI=1S/C20H31N3O.2ClH/c1-21-10-8-17(9-11-21)23-13-16-12-22(2)20(19(16)14-23)15-4-6-18(24-3)7-5-15;;/h4-7,16-17,19-20H,8-14H2,1-3H3;2*1H/t16-,19+,20+;;/m0../s1. The highest BCUT2D eigenvalue weighted by Gasteiger charge is 2.47. The van der Waals surface area contributed by atoms with Gasteiger partial charge < -0.3 is 9.64 Å². The second-order valence-corrected chi connectivity index (χ2v) is 8.07. The number of rotatable bonds is 3. The van der Waals surface area contributed by atoms with Crippen LogP contribution in [0.3, 0.4) is 0 Å². The van der Waals surface area contributed by atoms with Gasteiger partial charge in [0.1, 0.15) is 5.75 Å². The zero-order chi connectivity index (χ0) is 16.7. The second-order valence-electron chi connectivity index (χ2n) is 8.07. The quantitative estimate of drug-likeness (QED) is 0.773. The van der Waals surface area contributed by atoms with Crippen molar-refractivity contribution >= 4 is 24.8 Å². The van der Waals surface area contributed by atoms with E-state index in [4.69, 9.17) is 4.74 Å². The first kappa shape index (κ1) is 21.8. The Kier molecular flexibility index (Phi) is 7.63. The van der Waals surface area contributed by atoms with Crippen molar-refractivity contribution < 1.29 is 4.74 Å². The van der Waals surface area contributed by atoms with E-state index >= 15 is 0 Å². The van der Waals surface area contributed by atoms with Crippen LogP contribution in [0.4, 0.5) is 0 Å². The molecule has 3 heterocycles. The Balaban J connectivity index is 0.00000121. The van der Waals surface area contributed by atoms with Gasteiger partial charge in [0.25, 0.3) is 0 Å². The van der Waals surface area contributed by atoms with Crippen LogP contribution in [0.2, 0.25) is 0 Å². The van der Waals surface area contributed by atoms with Crippen LogP contribution in [0.15, 0.2) is 24.3 Å². The fourth-order valence-corrected chi connectivity index (χ4v) is 5.25. The molecule has 0 bridgehead atoms. The summed E-state index contributed by atoms with van der Waals surface area (Å²) in [5.41, 5.74) is 1.45. The third-order valence-electron chi connectivity index (χ3n) is 6.58. The first-order chi connectivity index (χ1) is 11.7. The largest absolute Gasteiger partial charge is 0.497 e. The highest BCUT2D eigenvalue weighted by atomic mass is 35.5. The number of nitrogens with zero attached hydrogens (tertiary/aromatic N) is 3. The fraction of sp³-hybridized carbons (Fsp3) is 0.700. The Hall–Kier alpha value is -0.520. The highest BCUT2D eigenvalue weighted by Crippen LogP contribution is 2.45. The number of piperidine rings is 1. The van der Waals surface area contributed by atoms with E-state index < -0.39 is 0 Å². The summed E-state index contributed by atoms with van der Waals surface area (Å²) in [6, 6.07) is 10.1. The predicted molar refractivity (Wildman–Crippen MR) is 112 cm³/mol. The minimum Gasteiger partial charge on any atom is -0.497 e. The molecule has 3 atom stereocenters. The normalized spacial score (nSPS) is 30.5. The average Bonchev–Trinajstić information content (AvgIpc) is 3.12. The van der Waals surface area contributed by atoms with Crippen molar-refractivity contribution in [1.29, 1.82) is 0 Å². The van der Waals surface area contributed by atoms with Crippen molar-refractivity contribution in [2.75, 3.05) is 53.9 Å². The van der Waals surface area contributed by atoms with E-state index in [1.54, 1.807) is 7.11 Å². The monoisotopic (exact) mass is 401 g/mol. The lowest BCUT2D eigenvalue weighted by Crippen LogP contribution is -2.43. The SMILES string of the molecule is COc1ccc([C@@H]2[C@@H]3CN(C4CCN(C)CC4)C[C@@H]3CN2C)cc1.Cl.Cl. The lowest BCUT2D eigenvalue weighted by molar-refractivity contribution is 0.125. The van der Waals surface area contributed by atoms with Gasteiger partial charge in [0.2, 0.25) is 0 Å². The van der Waals surface area contributed by atoms with Crippen LogP contribution >= 0.6 is 24.8 Å². The molecule has 3 fully saturated rings. The molecule has 1 aromatic rings. The maximum absolute atomic E-state index is 5.32. The van der Waals surface area contributed by atoms with Crippen LogP contribution < -0.4 is 4.74 Å². The van der Waals surface area contributed by atoms with Crippen molar-refractivity contribution in [2.24, 2.45) is 11.8 Å². The van der Waals surface area contributed by atoms with E-state index in [0.29, 0.717) is 6.04 Å². The Bertz CT molecular complexity index is 563. The fourth-order valence-electron chi connectivity index (χ4n) is 5.25. The van der Waals surface area contributed by atoms with Crippen molar-refractivity contribution in [1.82, 2.24) is 14.7 Å². The molecule has 0 spiro atoms. The first-order valence-corrected chi connectivity index (χ1v) is 9.42. The lowest BCUT2D eigenvalue weighted by atomic mass is 9.89. The molecule has 0 unspecified atom stereocenters.